The van der Waals surface area contributed by atoms with Crippen LogP contribution < -0.4 is 21.1 Å². The van der Waals surface area contributed by atoms with Crippen LogP contribution in [0.3, 0.4) is 0 Å². The number of aromatic nitrogens is 5. The van der Waals surface area contributed by atoms with Crippen LogP contribution in [-0.4, -0.2) is 73.8 Å². The van der Waals surface area contributed by atoms with Crippen molar-refractivity contribution in [1.29, 1.82) is 0 Å². The smallest absolute Gasteiger partial charge is 0.267 e. The SMILES string of the molecule is COc1cc(F)c(-c2nc(Cn3cnc4c(N)ncnc43)c(N3CC(F)(F)C[C@](N)([C@H](O)C(F)F)C3)s2)cc1F. The first-order valence-electron chi connectivity index (χ1n) is 11.6. The van der Waals surface area contributed by atoms with E-state index in [2.05, 4.69) is 19.9 Å². The third-order valence-electron chi connectivity index (χ3n) is 6.51. The lowest BCUT2D eigenvalue weighted by molar-refractivity contribution is -0.102. The van der Waals surface area contributed by atoms with Crippen LogP contribution in [-0.2, 0) is 6.54 Å². The quantitative estimate of drug-likeness (QED) is 0.278. The minimum absolute atomic E-state index is 0.0187. The van der Waals surface area contributed by atoms with Crippen molar-refractivity contribution in [3.63, 3.8) is 0 Å². The van der Waals surface area contributed by atoms with Crippen molar-refractivity contribution in [2.75, 3.05) is 30.8 Å². The first-order chi connectivity index (χ1) is 18.8. The Kier molecular flexibility index (Phi) is 6.99. The van der Waals surface area contributed by atoms with Crippen LogP contribution in [0.15, 0.2) is 24.8 Å². The fourth-order valence-corrected chi connectivity index (χ4v) is 5.80. The first kappa shape index (κ1) is 27.9. The second kappa shape index (κ2) is 10.0. The van der Waals surface area contributed by atoms with Crippen molar-refractivity contribution in [2.24, 2.45) is 5.73 Å². The Morgan fingerprint density at radius 3 is 2.60 bits per heavy atom. The van der Waals surface area contributed by atoms with E-state index >= 15 is 0 Å². The monoisotopic (exact) mass is 588 g/mol. The number of halogens is 6. The highest BCUT2D eigenvalue weighted by Gasteiger charge is 2.53. The fourth-order valence-electron chi connectivity index (χ4n) is 4.71. The number of fused-ring (bicyclic) bond motifs is 1. The number of rotatable bonds is 7. The summed E-state index contributed by atoms with van der Waals surface area (Å²) in [5.74, 6) is -5.64. The van der Waals surface area contributed by atoms with Crippen LogP contribution >= 0.6 is 11.3 Å². The lowest BCUT2D eigenvalue weighted by atomic mass is 9.83. The van der Waals surface area contributed by atoms with Gasteiger partial charge < -0.3 is 30.8 Å². The predicted octanol–water partition coefficient (Wildman–Crippen LogP) is 3.04. The number of nitrogens with zero attached hydrogens (tertiary/aromatic N) is 6. The summed E-state index contributed by atoms with van der Waals surface area (Å²) in [5, 5.41) is 9.97. The fraction of sp³-hybridized carbons (Fsp3) is 0.391. The number of alkyl halides is 4. The van der Waals surface area contributed by atoms with Gasteiger partial charge in [-0.3, -0.25) is 0 Å². The highest BCUT2D eigenvalue weighted by Crippen LogP contribution is 2.43. The van der Waals surface area contributed by atoms with E-state index in [0.29, 0.717) is 0 Å². The number of anilines is 2. The number of imidazole rings is 1. The Bertz CT molecular complexity index is 1570. The lowest BCUT2D eigenvalue weighted by Crippen LogP contribution is -2.68. The van der Waals surface area contributed by atoms with E-state index in [1.165, 1.54) is 17.2 Å². The molecular formula is C23H22F6N8O2S. The molecule has 1 saturated heterocycles. The molecule has 3 aromatic heterocycles. The molecule has 0 radical (unpaired) electrons. The Balaban J connectivity index is 1.63. The van der Waals surface area contributed by atoms with Crippen LogP contribution in [0.4, 0.5) is 37.2 Å². The minimum Gasteiger partial charge on any atom is -0.494 e. The number of nitrogens with two attached hydrogens (primary N) is 2. The molecule has 0 bridgehead atoms. The topological polar surface area (TPSA) is 141 Å². The van der Waals surface area contributed by atoms with Gasteiger partial charge in [-0.1, -0.05) is 11.3 Å². The summed E-state index contributed by atoms with van der Waals surface area (Å²) in [7, 11) is 1.16. The molecule has 10 nitrogen and oxygen atoms in total. The molecule has 1 aliphatic rings. The third kappa shape index (κ3) is 4.99. The molecule has 1 aliphatic heterocycles. The lowest BCUT2D eigenvalue weighted by Gasteiger charge is -2.46. The van der Waals surface area contributed by atoms with E-state index in [9.17, 15) is 31.4 Å². The minimum atomic E-state index is -3.58. The van der Waals surface area contributed by atoms with Crippen molar-refractivity contribution in [3.05, 3.63) is 42.1 Å². The number of aliphatic hydroxyl groups excluding tert-OH is 1. The van der Waals surface area contributed by atoms with Crippen LogP contribution in [0, 0.1) is 11.6 Å². The molecule has 17 heteroatoms. The molecule has 4 aromatic rings. The van der Waals surface area contributed by atoms with Gasteiger partial charge in [0.2, 0.25) is 0 Å². The molecule has 5 rings (SSSR count). The Morgan fingerprint density at radius 1 is 1.15 bits per heavy atom. The molecule has 40 heavy (non-hydrogen) atoms. The second-order valence-corrected chi connectivity index (χ2v) is 10.4. The maximum atomic E-state index is 15.0. The van der Waals surface area contributed by atoms with Gasteiger partial charge in [-0.05, 0) is 6.07 Å². The van der Waals surface area contributed by atoms with Gasteiger partial charge in [-0.2, -0.15) is 0 Å². The normalized spacial score (nSPS) is 19.9. The number of thiazole rings is 1. The second-order valence-electron chi connectivity index (χ2n) is 9.44. The molecule has 0 amide bonds. The third-order valence-corrected chi connectivity index (χ3v) is 7.70. The van der Waals surface area contributed by atoms with Gasteiger partial charge in [0.15, 0.2) is 23.0 Å². The number of hydrogen-bond donors (Lipinski definition) is 3. The summed E-state index contributed by atoms with van der Waals surface area (Å²) >= 11 is 0.726. The van der Waals surface area contributed by atoms with Crippen LogP contribution in [0.1, 0.15) is 12.1 Å². The van der Waals surface area contributed by atoms with Crippen molar-refractivity contribution >= 4 is 33.3 Å². The summed E-state index contributed by atoms with van der Waals surface area (Å²) in [6.45, 7) is -1.70. The van der Waals surface area contributed by atoms with Gasteiger partial charge in [0.25, 0.3) is 12.3 Å². The van der Waals surface area contributed by atoms with Crippen molar-refractivity contribution in [3.8, 4) is 16.3 Å². The van der Waals surface area contributed by atoms with Gasteiger partial charge in [0.05, 0.1) is 37.8 Å². The molecule has 1 aromatic carbocycles. The van der Waals surface area contributed by atoms with Gasteiger partial charge >= 0.3 is 0 Å². The predicted molar refractivity (Wildman–Crippen MR) is 134 cm³/mol. The average molecular weight is 589 g/mol. The van der Waals surface area contributed by atoms with Crippen molar-refractivity contribution in [1.82, 2.24) is 24.5 Å². The molecule has 0 aliphatic carbocycles. The van der Waals surface area contributed by atoms with E-state index in [0.717, 1.165) is 35.5 Å². The Labute approximate surface area is 226 Å². The van der Waals surface area contributed by atoms with Crippen LogP contribution in [0.25, 0.3) is 21.7 Å². The van der Waals surface area contributed by atoms with E-state index < -0.39 is 55.1 Å². The molecule has 4 heterocycles. The van der Waals surface area contributed by atoms with E-state index in [1.54, 1.807) is 0 Å². The van der Waals surface area contributed by atoms with Gasteiger partial charge in [-0.15, -0.1) is 0 Å². The van der Waals surface area contributed by atoms with Gasteiger partial charge in [0.1, 0.15) is 33.8 Å². The van der Waals surface area contributed by atoms with Crippen molar-refractivity contribution in [2.45, 2.75) is 37.0 Å². The molecule has 0 unspecified atom stereocenters. The highest BCUT2D eigenvalue weighted by atomic mass is 32.1. The van der Waals surface area contributed by atoms with E-state index in [1.807, 2.05) is 0 Å². The van der Waals surface area contributed by atoms with Crippen LogP contribution in [0.5, 0.6) is 5.75 Å². The molecule has 0 saturated carbocycles. The average Bonchev–Trinajstić information content (AvgIpc) is 3.49. The molecule has 5 N–H and O–H groups in total. The maximum Gasteiger partial charge on any atom is 0.267 e. The van der Waals surface area contributed by atoms with Crippen LogP contribution in [0.2, 0.25) is 0 Å². The molecule has 1 fully saturated rings. The molecule has 214 valence electrons. The molecular weight excluding hydrogens is 566 g/mol. The maximum absolute atomic E-state index is 15.0. The standard InChI is InChI=1S/C23H22F6N8O2S/c1-39-14-3-11(24)10(2-12(14)25)20-35-13(4-36-9-34-15-18(30)32-8-33-19(15)36)21(40-20)37-6-22(31,16(38)17(26)27)5-23(28,29)7-37/h2-3,8-9,16-17,38H,4-7,31H2,1H3,(H2,30,32,33)/t16-,22-/m1/s1. The summed E-state index contributed by atoms with van der Waals surface area (Å²) < 4.78 is 92.3. The van der Waals surface area contributed by atoms with Gasteiger partial charge in [0, 0.05) is 24.6 Å². The number of hydrogen-bond acceptors (Lipinski definition) is 10. The van der Waals surface area contributed by atoms with E-state index in [4.69, 9.17) is 16.2 Å². The number of methoxy groups -OCH3 is 1. The first-order valence-corrected chi connectivity index (χ1v) is 12.5. The summed E-state index contributed by atoms with van der Waals surface area (Å²) in [4.78, 5) is 17.6. The summed E-state index contributed by atoms with van der Waals surface area (Å²) in [6.07, 6.45) is -4.58. The Morgan fingerprint density at radius 2 is 1.90 bits per heavy atom. The molecule has 0 spiro atoms. The van der Waals surface area contributed by atoms with Crippen molar-refractivity contribution < 1.29 is 36.2 Å². The summed E-state index contributed by atoms with van der Waals surface area (Å²) in [6, 6.07) is 1.66. The number of benzene rings is 1. The number of aliphatic hydroxyl groups is 1. The zero-order chi connectivity index (χ0) is 29.0. The zero-order valence-corrected chi connectivity index (χ0v) is 21.5. The largest absolute Gasteiger partial charge is 0.494 e. The number of ether oxygens (including phenoxy) is 1. The molecule has 2 atom stereocenters. The summed E-state index contributed by atoms with van der Waals surface area (Å²) in [5.41, 5.74) is 9.72. The van der Waals surface area contributed by atoms with E-state index in [-0.39, 0.29) is 50.5 Å². The highest BCUT2D eigenvalue weighted by molar-refractivity contribution is 7.19. The van der Waals surface area contributed by atoms with Gasteiger partial charge in [-0.25, -0.2) is 46.3 Å². The zero-order valence-electron chi connectivity index (χ0n) is 20.7. The number of piperidine rings is 1. The Hall–Kier alpha value is -3.70. The number of nitrogen functional groups attached to an aromatic ring is 1.